The zero-order chi connectivity index (χ0) is 29.0. The average Bonchev–Trinajstić information content (AvgIpc) is 3.51. The van der Waals surface area contributed by atoms with Gasteiger partial charge < -0.3 is 14.9 Å². The van der Waals surface area contributed by atoms with E-state index in [9.17, 15) is 4.79 Å². The lowest BCUT2D eigenvalue weighted by atomic mass is 9.96. The lowest BCUT2D eigenvalue weighted by Gasteiger charge is -2.21. The van der Waals surface area contributed by atoms with Gasteiger partial charge in [0.05, 0.1) is 12.3 Å². The highest BCUT2D eigenvalue weighted by Gasteiger charge is 2.39. The molecule has 7 nitrogen and oxygen atoms in total. The monoisotopic (exact) mass is 554 g/mol. The average molecular weight is 555 g/mol. The van der Waals surface area contributed by atoms with Gasteiger partial charge in [-0.1, -0.05) is 72.7 Å². The van der Waals surface area contributed by atoms with E-state index in [0.29, 0.717) is 6.61 Å². The summed E-state index contributed by atoms with van der Waals surface area (Å²) >= 11 is 0. The Morgan fingerprint density at radius 3 is 2.05 bits per heavy atom. The summed E-state index contributed by atoms with van der Waals surface area (Å²) in [4.78, 5) is 24.7. The van der Waals surface area contributed by atoms with Crippen molar-refractivity contribution in [1.29, 1.82) is 0 Å². The van der Waals surface area contributed by atoms with Crippen LogP contribution in [0.1, 0.15) is 41.5 Å². The number of aliphatic carboxylic acids is 1. The molecule has 2 unspecified atom stereocenters. The van der Waals surface area contributed by atoms with Gasteiger partial charge in [0, 0.05) is 39.3 Å². The van der Waals surface area contributed by atoms with E-state index in [1.54, 1.807) is 6.92 Å². The Bertz CT molecular complexity index is 1320. The van der Waals surface area contributed by atoms with Gasteiger partial charge in [0.2, 0.25) is 0 Å². The Kier molecular flexibility index (Phi) is 10.9. The van der Waals surface area contributed by atoms with E-state index in [0.717, 1.165) is 41.8 Å². The number of hydrogen-bond donors (Lipinski definition) is 2. The Hall–Kier alpha value is -4.12. The van der Waals surface area contributed by atoms with Crippen LogP contribution in [0.25, 0.3) is 0 Å². The number of carbonyl (C=O) groups is 2. The van der Waals surface area contributed by atoms with Gasteiger partial charge in [0.15, 0.2) is 0 Å². The second-order valence-electron chi connectivity index (χ2n) is 10.7. The van der Waals surface area contributed by atoms with Crippen molar-refractivity contribution in [2.75, 3.05) is 26.2 Å². The van der Waals surface area contributed by atoms with Crippen molar-refractivity contribution in [3.8, 4) is 17.6 Å². The molecule has 214 valence electrons. The zero-order valence-electron chi connectivity index (χ0n) is 23.5. The van der Waals surface area contributed by atoms with Crippen LogP contribution in [-0.2, 0) is 29.3 Å². The molecule has 0 bridgehead atoms. The maximum atomic E-state index is 11.1. The van der Waals surface area contributed by atoms with E-state index < -0.39 is 5.97 Å². The number of fused-ring (bicyclic) bond motifs is 1. The number of nitrogens with zero attached hydrogens (tertiary/aromatic N) is 2. The highest BCUT2D eigenvalue weighted by atomic mass is 16.5. The first-order valence-corrected chi connectivity index (χ1v) is 14.0. The van der Waals surface area contributed by atoms with Crippen LogP contribution < -0.4 is 4.74 Å². The van der Waals surface area contributed by atoms with Crippen LogP contribution in [0.3, 0.4) is 0 Å². The van der Waals surface area contributed by atoms with Crippen LogP contribution in [-0.4, -0.2) is 58.6 Å². The normalized spacial score (nSPS) is 18.8. The molecule has 0 aliphatic carbocycles. The van der Waals surface area contributed by atoms with E-state index >= 15 is 0 Å². The molecule has 0 amide bonds. The van der Waals surface area contributed by atoms with Gasteiger partial charge in [-0.05, 0) is 53.1 Å². The molecule has 0 radical (unpaired) electrons. The molecule has 0 aromatic heterocycles. The molecule has 2 fully saturated rings. The Morgan fingerprint density at radius 2 is 1.46 bits per heavy atom. The standard InChI is InChI=1S/C33H36N2O3.CH2O2/c1-2-7-29(17-33(36)37)28-12-14-32(15-13-28)38-24-27-11-6-10-26(16-27)19-35-22-30-20-34(21-31(30)23-35)18-25-8-4-3-5-9-25;2-1-3/h3-6,8-16,29-31H,17-24H2,1H3,(H,36,37);1H,(H,2,3)/t29-,30?,31?;/m0./s1. The van der Waals surface area contributed by atoms with Crippen molar-refractivity contribution in [2.24, 2.45) is 11.8 Å². The molecular weight excluding hydrogens is 516 g/mol. The Balaban J connectivity index is 0.00000124. The number of hydrogen-bond acceptors (Lipinski definition) is 5. The van der Waals surface area contributed by atoms with Gasteiger partial charge in [0.25, 0.3) is 6.47 Å². The molecule has 7 heteroatoms. The second kappa shape index (κ2) is 15.0. The molecular formula is C34H38N2O5. The number of benzene rings is 3. The molecule has 5 rings (SSSR count). The van der Waals surface area contributed by atoms with E-state index in [1.165, 1.54) is 37.3 Å². The minimum atomic E-state index is -0.847. The van der Waals surface area contributed by atoms with Crippen molar-refractivity contribution >= 4 is 12.4 Å². The van der Waals surface area contributed by atoms with E-state index in [-0.39, 0.29) is 18.8 Å². The largest absolute Gasteiger partial charge is 0.489 e. The topological polar surface area (TPSA) is 90.3 Å². The van der Waals surface area contributed by atoms with Crippen molar-refractivity contribution in [1.82, 2.24) is 9.80 Å². The number of carboxylic acids is 1. The van der Waals surface area contributed by atoms with Gasteiger partial charge in [-0.15, -0.1) is 5.92 Å². The molecule has 2 aliphatic heterocycles. The summed E-state index contributed by atoms with van der Waals surface area (Å²) in [5.74, 6) is 6.98. The summed E-state index contributed by atoms with van der Waals surface area (Å²) < 4.78 is 6.04. The second-order valence-corrected chi connectivity index (χ2v) is 10.7. The van der Waals surface area contributed by atoms with Crippen LogP contribution >= 0.6 is 0 Å². The van der Waals surface area contributed by atoms with E-state index in [1.807, 2.05) is 24.3 Å². The lowest BCUT2D eigenvalue weighted by molar-refractivity contribution is -0.137. The molecule has 0 saturated carbocycles. The fraction of sp³-hybridized carbons (Fsp3) is 0.353. The minimum absolute atomic E-state index is 0.00170. The highest BCUT2D eigenvalue weighted by molar-refractivity contribution is 5.69. The summed E-state index contributed by atoms with van der Waals surface area (Å²) in [7, 11) is 0. The van der Waals surface area contributed by atoms with Crippen molar-refractivity contribution in [2.45, 2.75) is 39.0 Å². The first-order chi connectivity index (χ1) is 20.0. The van der Waals surface area contributed by atoms with Crippen LogP contribution in [0.2, 0.25) is 0 Å². The van der Waals surface area contributed by atoms with Gasteiger partial charge in [0.1, 0.15) is 12.4 Å². The third-order valence-corrected chi connectivity index (χ3v) is 7.67. The first kappa shape index (κ1) is 29.9. The molecule has 3 aromatic rings. The quantitative estimate of drug-likeness (QED) is 0.266. The van der Waals surface area contributed by atoms with E-state index in [4.69, 9.17) is 19.7 Å². The summed E-state index contributed by atoms with van der Waals surface area (Å²) in [5, 5.41) is 16.0. The number of carboxylic acid groups (broad SMARTS) is 2. The summed E-state index contributed by atoms with van der Waals surface area (Å²) in [6.45, 7) is 8.78. The summed E-state index contributed by atoms with van der Waals surface area (Å²) in [6.07, 6.45) is -0.00170. The molecule has 3 aromatic carbocycles. The predicted molar refractivity (Wildman–Crippen MR) is 158 cm³/mol. The Morgan fingerprint density at radius 1 is 0.902 bits per heavy atom. The fourth-order valence-corrected chi connectivity index (χ4v) is 5.93. The number of likely N-dealkylation sites (tertiary alicyclic amines) is 2. The van der Waals surface area contributed by atoms with Crippen molar-refractivity contribution < 1.29 is 24.5 Å². The smallest absolute Gasteiger partial charge is 0.304 e. The van der Waals surface area contributed by atoms with Crippen LogP contribution in [0.15, 0.2) is 78.9 Å². The van der Waals surface area contributed by atoms with Crippen LogP contribution in [0.5, 0.6) is 5.75 Å². The van der Waals surface area contributed by atoms with Gasteiger partial charge >= 0.3 is 5.97 Å². The lowest BCUT2D eigenvalue weighted by Crippen LogP contribution is -2.28. The van der Waals surface area contributed by atoms with Crippen molar-refractivity contribution in [3.63, 3.8) is 0 Å². The maximum absolute atomic E-state index is 11.1. The van der Waals surface area contributed by atoms with Gasteiger partial charge in [-0.2, -0.15) is 0 Å². The number of rotatable bonds is 10. The SMILES string of the molecule is CC#C[C@@H](CC(=O)O)c1ccc(OCc2cccc(CN3CC4CN(Cc5ccccc5)CC4C3)c2)cc1.O=CO. The molecule has 2 aliphatic rings. The zero-order valence-corrected chi connectivity index (χ0v) is 23.5. The summed E-state index contributed by atoms with van der Waals surface area (Å²) in [6, 6.07) is 27.1. The van der Waals surface area contributed by atoms with Gasteiger partial charge in [-0.3, -0.25) is 19.4 Å². The van der Waals surface area contributed by atoms with Crippen molar-refractivity contribution in [3.05, 3.63) is 101 Å². The third-order valence-electron chi connectivity index (χ3n) is 7.67. The predicted octanol–water partition coefficient (Wildman–Crippen LogP) is 5.11. The first-order valence-electron chi connectivity index (χ1n) is 14.0. The maximum Gasteiger partial charge on any atom is 0.304 e. The third kappa shape index (κ3) is 8.94. The molecule has 2 saturated heterocycles. The molecule has 2 N–H and O–H groups in total. The molecule has 0 spiro atoms. The van der Waals surface area contributed by atoms with Crippen LogP contribution in [0.4, 0.5) is 0 Å². The highest BCUT2D eigenvalue weighted by Crippen LogP contribution is 2.33. The van der Waals surface area contributed by atoms with Gasteiger partial charge in [-0.25, -0.2) is 0 Å². The Labute approximate surface area is 242 Å². The van der Waals surface area contributed by atoms with Crippen LogP contribution in [0, 0.1) is 23.7 Å². The summed E-state index contributed by atoms with van der Waals surface area (Å²) in [5.41, 5.74) is 4.79. The number of ether oxygens (including phenoxy) is 1. The molecule has 41 heavy (non-hydrogen) atoms. The molecule has 2 heterocycles. The van der Waals surface area contributed by atoms with E-state index in [2.05, 4.69) is 76.2 Å². The fourth-order valence-electron chi connectivity index (χ4n) is 5.93. The minimum Gasteiger partial charge on any atom is -0.489 e. The molecule has 3 atom stereocenters.